The van der Waals surface area contributed by atoms with Crippen molar-refractivity contribution < 1.29 is 13.5 Å². The van der Waals surface area contributed by atoms with Gasteiger partial charge in [0.1, 0.15) is 0 Å². The summed E-state index contributed by atoms with van der Waals surface area (Å²) in [5.41, 5.74) is 0.324. The maximum atomic E-state index is 12.8. The van der Waals surface area contributed by atoms with E-state index in [0.717, 1.165) is 44.9 Å². The molecule has 0 aromatic carbocycles. The van der Waals surface area contributed by atoms with Gasteiger partial charge in [0, 0.05) is 25.7 Å². The van der Waals surface area contributed by atoms with E-state index < -0.39 is 10.2 Å². The molecule has 2 rings (SSSR count). The molecule has 2 fully saturated rings. The van der Waals surface area contributed by atoms with Crippen molar-refractivity contribution in [2.75, 3.05) is 26.2 Å². The van der Waals surface area contributed by atoms with Crippen molar-refractivity contribution in [1.29, 1.82) is 0 Å². The molecule has 0 aromatic heterocycles. The van der Waals surface area contributed by atoms with Gasteiger partial charge in [0.15, 0.2) is 0 Å². The number of aliphatic hydroxyl groups excluding tert-OH is 1. The van der Waals surface area contributed by atoms with E-state index in [2.05, 4.69) is 13.8 Å². The molecule has 0 spiro atoms. The summed E-state index contributed by atoms with van der Waals surface area (Å²) in [5, 5.41) is 9.46. The molecule has 1 atom stereocenters. The minimum absolute atomic E-state index is 0.0685. The van der Waals surface area contributed by atoms with E-state index in [1.807, 2.05) is 0 Å². The lowest BCUT2D eigenvalue weighted by atomic mass is 9.75. The van der Waals surface area contributed by atoms with Crippen LogP contribution in [0, 0.1) is 5.41 Å². The first-order valence-corrected chi connectivity index (χ1v) is 9.76. The van der Waals surface area contributed by atoms with Gasteiger partial charge in [-0.1, -0.05) is 33.1 Å². The minimum atomic E-state index is -3.41. The Morgan fingerprint density at radius 3 is 2.24 bits per heavy atom. The highest BCUT2D eigenvalue weighted by atomic mass is 32.2. The largest absolute Gasteiger partial charge is 0.395 e. The monoisotopic (exact) mass is 318 g/mol. The van der Waals surface area contributed by atoms with Crippen molar-refractivity contribution in [2.24, 2.45) is 5.41 Å². The van der Waals surface area contributed by atoms with Crippen LogP contribution in [0.3, 0.4) is 0 Å². The van der Waals surface area contributed by atoms with Crippen LogP contribution in [-0.4, -0.2) is 54.4 Å². The van der Waals surface area contributed by atoms with Gasteiger partial charge in [-0.05, 0) is 31.1 Å². The van der Waals surface area contributed by atoms with Crippen molar-refractivity contribution in [3.8, 4) is 0 Å². The van der Waals surface area contributed by atoms with Gasteiger partial charge < -0.3 is 5.11 Å². The zero-order valence-electron chi connectivity index (χ0n) is 13.4. The SMILES string of the molecule is CCC1(CC)CCN(S(=O)(=O)N2CCCCC2CO)CC1. The smallest absolute Gasteiger partial charge is 0.282 e. The van der Waals surface area contributed by atoms with E-state index in [0.29, 0.717) is 25.0 Å². The Bertz CT molecular complexity index is 424. The lowest BCUT2D eigenvalue weighted by Crippen LogP contribution is -2.54. The molecule has 0 saturated carbocycles. The van der Waals surface area contributed by atoms with Crippen molar-refractivity contribution >= 4 is 10.2 Å². The second-order valence-corrected chi connectivity index (χ2v) is 8.44. The third-order valence-electron chi connectivity index (χ3n) is 5.69. The van der Waals surface area contributed by atoms with Gasteiger partial charge in [-0.3, -0.25) is 0 Å². The van der Waals surface area contributed by atoms with Crippen LogP contribution < -0.4 is 0 Å². The van der Waals surface area contributed by atoms with Crippen LogP contribution in [0.25, 0.3) is 0 Å². The van der Waals surface area contributed by atoms with Crippen LogP contribution >= 0.6 is 0 Å². The first-order valence-electron chi connectivity index (χ1n) is 8.37. The van der Waals surface area contributed by atoms with Crippen LogP contribution in [0.5, 0.6) is 0 Å². The van der Waals surface area contributed by atoms with E-state index >= 15 is 0 Å². The summed E-state index contributed by atoms with van der Waals surface area (Å²) in [6.07, 6.45) is 6.84. The fourth-order valence-electron chi connectivity index (χ4n) is 3.76. The van der Waals surface area contributed by atoms with Gasteiger partial charge in [0.2, 0.25) is 0 Å². The van der Waals surface area contributed by atoms with Crippen LogP contribution in [0.15, 0.2) is 0 Å². The minimum Gasteiger partial charge on any atom is -0.395 e. The maximum Gasteiger partial charge on any atom is 0.282 e. The van der Waals surface area contributed by atoms with E-state index in [4.69, 9.17) is 0 Å². The van der Waals surface area contributed by atoms with Gasteiger partial charge in [0.05, 0.1) is 6.61 Å². The lowest BCUT2D eigenvalue weighted by Gasteiger charge is -2.43. The second kappa shape index (κ2) is 6.94. The van der Waals surface area contributed by atoms with Gasteiger partial charge in [-0.2, -0.15) is 17.0 Å². The summed E-state index contributed by atoms with van der Waals surface area (Å²) in [7, 11) is -3.41. The highest BCUT2D eigenvalue weighted by Gasteiger charge is 2.40. The average Bonchev–Trinajstić information content (AvgIpc) is 2.54. The third-order valence-corrected chi connectivity index (χ3v) is 7.78. The van der Waals surface area contributed by atoms with Crippen LogP contribution in [0.2, 0.25) is 0 Å². The van der Waals surface area contributed by atoms with Crippen molar-refractivity contribution in [1.82, 2.24) is 8.61 Å². The Morgan fingerprint density at radius 1 is 1.10 bits per heavy atom. The normalized spacial score (nSPS) is 28.6. The number of hydrogen-bond donors (Lipinski definition) is 1. The molecular formula is C15H30N2O3S. The zero-order chi connectivity index (χ0) is 15.5. The maximum absolute atomic E-state index is 12.8. The Labute approximate surface area is 129 Å². The fraction of sp³-hybridized carbons (Fsp3) is 1.00. The molecule has 1 unspecified atom stereocenters. The highest BCUT2D eigenvalue weighted by Crippen LogP contribution is 2.39. The van der Waals surface area contributed by atoms with Crippen LogP contribution in [0.1, 0.15) is 58.8 Å². The second-order valence-electron chi connectivity index (χ2n) is 6.56. The lowest BCUT2D eigenvalue weighted by molar-refractivity contribution is 0.119. The number of rotatable bonds is 5. The highest BCUT2D eigenvalue weighted by molar-refractivity contribution is 7.86. The molecule has 2 aliphatic heterocycles. The summed E-state index contributed by atoms with van der Waals surface area (Å²) >= 11 is 0. The molecule has 1 N–H and O–H groups in total. The molecule has 6 heteroatoms. The van der Waals surface area contributed by atoms with E-state index in [1.165, 1.54) is 0 Å². The van der Waals surface area contributed by atoms with Gasteiger partial charge in [-0.25, -0.2) is 0 Å². The number of hydrogen-bond acceptors (Lipinski definition) is 3. The van der Waals surface area contributed by atoms with E-state index in [-0.39, 0.29) is 12.6 Å². The van der Waals surface area contributed by atoms with Gasteiger partial charge in [0.25, 0.3) is 10.2 Å². The zero-order valence-corrected chi connectivity index (χ0v) is 14.2. The molecule has 2 saturated heterocycles. The Morgan fingerprint density at radius 2 is 1.71 bits per heavy atom. The fourth-order valence-corrected chi connectivity index (χ4v) is 5.61. The topological polar surface area (TPSA) is 60.9 Å². The average molecular weight is 318 g/mol. The molecule has 0 amide bonds. The third kappa shape index (κ3) is 3.44. The van der Waals surface area contributed by atoms with Gasteiger partial charge >= 0.3 is 0 Å². The molecule has 0 aromatic rings. The first-order chi connectivity index (χ1) is 9.99. The molecule has 0 aliphatic carbocycles. The standard InChI is InChI=1S/C15H30N2O3S/c1-3-15(4-2)8-11-16(12-9-15)21(19,20)17-10-6-5-7-14(17)13-18/h14,18H,3-13H2,1-2H3. The van der Waals surface area contributed by atoms with Crippen LogP contribution in [0.4, 0.5) is 0 Å². The molecule has 2 aliphatic rings. The van der Waals surface area contributed by atoms with Crippen LogP contribution in [-0.2, 0) is 10.2 Å². The summed E-state index contributed by atoms with van der Waals surface area (Å²) in [6.45, 7) is 6.15. The summed E-state index contributed by atoms with van der Waals surface area (Å²) in [6, 6.07) is -0.229. The Kier molecular flexibility index (Phi) is 5.68. The predicted octanol–water partition coefficient (Wildman–Crippen LogP) is 1.98. The quantitative estimate of drug-likeness (QED) is 0.843. The predicted molar refractivity (Wildman–Crippen MR) is 84.2 cm³/mol. The molecule has 124 valence electrons. The molecule has 0 bridgehead atoms. The Balaban J connectivity index is 2.07. The number of piperidine rings is 2. The molecule has 21 heavy (non-hydrogen) atoms. The summed E-state index contributed by atoms with van der Waals surface area (Å²) in [5.74, 6) is 0. The van der Waals surface area contributed by atoms with Crippen molar-refractivity contribution in [2.45, 2.75) is 64.8 Å². The molecule has 2 heterocycles. The van der Waals surface area contributed by atoms with E-state index in [1.54, 1.807) is 8.61 Å². The van der Waals surface area contributed by atoms with Crippen molar-refractivity contribution in [3.05, 3.63) is 0 Å². The van der Waals surface area contributed by atoms with Gasteiger partial charge in [-0.15, -0.1) is 0 Å². The first kappa shape index (κ1) is 17.2. The molecule has 0 radical (unpaired) electrons. The van der Waals surface area contributed by atoms with E-state index in [9.17, 15) is 13.5 Å². The van der Waals surface area contributed by atoms with Crippen molar-refractivity contribution in [3.63, 3.8) is 0 Å². The Hall–Kier alpha value is -0.170. The number of nitrogens with zero attached hydrogens (tertiary/aromatic N) is 2. The molecule has 5 nitrogen and oxygen atoms in total. The summed E-state index contributed by atoms with van der Waals surface area (Å²) in [4.78, 5) is 0. The molecular weight excluding hydrogens is 288 g/mol. The summed E-state index contributed by atoms with van der Waals surface area (Å²) < 4.78 is 28.9. The number of aliphatic hydroxyl groups is 1.